The maximum Gasteiger partial charge on any atom is 0.219 e. The fourth-order valence-corrected chi connectivity index (χ4v) is 2.32. The van der Waals surface area contributed by atoms with Gasteiger partial charge in [-0.3, -0.25) is 9.69 Å². The van der Waals surface area contributed by atoms with Crippen LogP contribution in [0.3, 0.4) is 0 Å². The van der Waals surface area contributed by atoms with Crippen LogP contribution in [-0.2, 0) is 9.53 Å². The lowest BCUT2D eigenvalue weighted by Crippen LogP contribution is -2.35. The second kappa shape index (κ2) is 4.94. The summed E-state index contributed by atoms with van der Waals surface area (Å²) in [7, 11) is 0. The predicted octanol–water partition coefficient (Wildman–Crippen LogP) is 0.505. The second-order valence-electron chi connectivity index (χ2n) is 4.56. The maximum atomic E-state index is 10.5. The average Bonchev–Trinajstić information content (AvgIpc) is 2.93. The van der Waals surface area contributed by atoms with Crippen molar-refractivity contribution in [3.8, 4) is 0 Å². The SMILES string of the molecule is NC(=O)CCOCC1CCCN1C1CC1. The normalized spacial score (nSPS) is 27.1. The molecule has 1 aliphatic carbocycles. The van der Waals surface area contributed by atoms with Crippen molar-refractivity contribution in [2.75, 3.05) is 19.8 Å². The molecule has 4 heteroatoms. The van der Waals surface area contributed by atoms with Gasteiger partial charge in [-0.05, 0) is 32.2 Å². The Morgan fingerprint density at radius 2 is 2.20 bits per heavy atom. The smallest absolute Gasteiger partial charge is 0.219 e. The Balaban J connectivity index is 1.63. The van der Waals surface area contributed by atoms with Gasteiger partial charge in [0.2, 0.25) is 5.91 Å². The van der Waals surface area contributed by atoms with Gasteiger partial charge in [-0.1, -0.05) is 0 Å². The Bertz CT molecular complexity index is 229. The molecule has 1 unspecified atom stereocenters. The fraction of sp³-hybridized carbons (Fsp3) is 0.909. The number of carbonyl (C=O) groups excluding carboxylic acids is 1. The van der Waals surface area contributed by atoms with Gasteiger partial charge in [-0.15, -0.1) is 0 Å². The van der Waals surface area contributed by atoms with E-state index in [-0.39, 0.29) is 5.91 Å². The monoisotopic (exact) mass is 212 g/mol. The highest BCUT2D eigenvalue weighted by atomic mass is 16.5. The van der Waals surface area contributed by atoms with Gasteiger partial charge in [0.25, 0.3) is 0 Å². The summed E-state index contributed by atoms with van der Waals surface area (Å²) in [5.41, 5.74) is 5.04. The van der Waals surface area contributed by atoms with Gasteiger partial charge in [0.1, 0.15) is 0 Å². The molecule has 2 fully saturated rings. The molecule has 0 aromatic carbocycles. The molecule has 2 aliphatic rings. The van der Waals surface area contributed by atoms with Crippen LogP contribution in [0.2, 0.25) is 0 Å². The van der Waals surface area contributed by atoms with Gasteiger partial charge in [0, 0.05) is 18.5 Å². The molecule has 2 N–H and O–H groups in total. The molecule has 0 aromatic heterocycles. The summed E-state index contributed by atoms with van der Waals surface area (Å²) in [5.74, 6) is -0.277. The molecule has 1 aliphatic heterocycles. The van der Waals surface area contributed by atoms with Gasteiger partial charge < -0.3 is 10.5 Å². The Morgan fingerprint density at radius 1 is 1.40 bits per heavy atom. The highest BCUT2D eigenvalue weighted by Gasteiger charge is 2.36. The van der Waals surface area contributed by atoms with E-state index in [1.54, 1.807) is 0 Å². The van der Waals surface area contributed by atoms with Gasteiger partial charge in [0.15, 0.2) is 0 Å². The van der Waals surface area contributed by atoms with Crippen molar-refractivity contribution in [1.29, 1.82) is 0 Å². The minimum absolute atomic E-state index is 0.277. The third-order valence-electron chi connectivity index (χ3n) is 3.24. The zero-order chi connectivity index (χ0) is 10.7. The molecule has 1 heterocycles. The molecule has 86 valence electrons. The summed E-state index contributed by atoms with van der Waals surface area (Å²) >= 11 is 0. The molecule has 1 amide bonds. The number of hydrogen-bond acceptors (Lipinski definition) is 3. The lowest BCUT2D eigenvalue weighted by atomic mass is 10.2. The number of carbonyl (C=O) groups is 1. The predicted molar refractivity (Wildman–Crippen MR) is 57.4 cm³/mol. The summed E-state index contributed by atoms with van der Waals surface area (Å²) in [6.45, 7) is 2.47. The third-order valence-corrected chi connectivity index (χ3v) is 3.24. The molecule has 1 saturated carbocycles. The van der Waals surface area contributed by atoms with Crippen LogP contribution in [0.25, 0.3) is 0 Å². The van der Waals surface area contributed by atoms with Crippen LogP contribution in [0.15, 0.2) is 0 Å². The van der Waals surface area contributed by atoms with E-state index in [9.17, 15) is 4.79 Å². The van der Waals surface area contributed by atoms with Crippen LogP contribution in [-0.4, -0.2) is 42.6 Å². The van der Waals surface area contributed by atoms with Crippen molar-refractivity contribution in [2.24, 2.45) is 5.73 Å². The number of nitrogens with zero attached hydrogens (tertiary/aromatic N) is 1. The van der Waals surface area contributed by atoms with Gasteiger partial charge in [-0.25, -0.2) is 0 Å². The number of nitrogens with two attached hydrogens (primary N) is 1. The van der Waals surface area contributed by atoms with Crippen LogP contribution >= 0.6 is 0 Å². The standard InChI is InChI=1S/C11H20N2O2/c12-11(14)5-7-15-8-10-2-1-6-13(10)9-3-4-9/h9-10H,1-8H2,(H2,12,14). The molecule has 0 bridgehead atoms. The third kappa shape index (κ3) is 3.18. The van der Waals surface area contributed by atoms with Gasteiger partial charge in [0.05, 0.1) is 13.2 Å². The van der Waals surface area contributed by atoms with Crippen LogP contribution < -0.4 is 5.73 Å². The van der Waals surface area contributed by atoms with E-state index < -0.39 is 0 Å². The van der Waals surface area contributed by atoms with E-state index in [4.69, 9.17) is 10.5 Å². The molecule has 0 spiro atoms. The highest BCUT2D eigenvalue weighted by molar-refractivity contribution is 5.73. The summed E-state index contributed by atoms with van der Waals surface area (Å²) in [5, 5.41) is 0. The summed E-state index contributed by atoms with van der Waals surface area (Å²) in [4.78, 5) is 13.1. The molecule has 4 nitrogen and oxygen atoms in total. The van der Waals surface area contributed by atoms with Crippen LogP contribution in [0.5, 0.6) is 0 Å². The molecule has 2 rings (SSSR count). The first-order valence-electron chi connectivity index (χ1n) is 5.89. The maximum absolute atomic E-state index is 10.5. The van der Waals surface area contributed by atoms with Crippen molar-refractivity contribution in [2.45, 2.75) is 44.2 Å². The average molecular weight is 212 g/mol. The van der Waals surface area contributed by atoms with Crippen LogP contribution in [0.4, 0.5) is 0 Å². The van der Waals surface area contributed by atoms with E-state index in [0.717, 1.165) is 12.6 Å². The number of likely N-dealkylation sites (tertiary alicyclic amines) is 1. The molecule has 15 heavy (non-hydrogen) atoms. The van der Waals surface area contributed by atoms with Crippen molar-refractivity contribution in [1.82, 2.24) is 4.90 Å². The largest absolute Gasteiger partial charge is 0.379 e. The Morgan fingerprint density at radius 3 is 2.87 bits per heavy atom. The van der Waals surface area contributed by atoms with Gasteiger partial charge in [-0.2, -0.15) is 0 Å². The number of hydrogen-bond donors (Lipinski definition) is 1. The first-order chi connectivity index (χ1) is 7.27. The molecule has 1 atom stereocenters. The highest BCUT2D eigenvalue weighted by Crippen LogP contribution is 2.33. The minimum atomic E-state index is -0.277. The van der Waals surface area contributed by atoms with E-state index in [1.807, 2.05) is 0 Å². The van der Waals surface area contributed by atoms with E-state index in [1.165, 1.54) is 32.2 Å². The quantitative estimate of drug-likeness (QED) is 0.652. The topological polar surface area (TPSA) is 55.6 Å². The van der Waals surface area contributed by atoms with Crippen molar-refractivity contribution in [3.63, 3.8) is 0 Å². The zero-order valence-corrected chi connectivity index (χ0v) is 9.15. The zero-order valence-electron chi connectivity index (χ0n) is 9.15. The fourth-order valence-electron chi connectivity index (χ4n) is 2.32. The van der Waals surface area contributed by atoms with Crippen LogP contribution in [0.1, 0.15) is 32.1 Å². The van der Waals surface area contributed by atoms with E-state index in [2.05, 4.69) is 4.90 Å². The van der Waals surface area contributed by atoms with Crippen molar-refractivity contribution >= 4 is 5.91 Å². The Hall–Kier alpha value is -0.610. The number of rotatable bonds is 6. The van der Waals surface area contributed by atoms with E-state index in [0.29, 0.717) is 19.1 Å². The molecular weight excluding hydrogens is 192 g/mol. The van der Waals surface area contributed by atoms with Crippen molar-refractivity contribution in [3.05, 3.63) is 0 Å². The number of ether oxygens (including phenoxy) is 1. The van der Waals surface area contributed by atoms with Crippen LogP contribution in [0, 0.1) is 0 Å². The molecule has 0 radical (unpaired) electrons. The van der Waals surface area contributed by atoms with Crippen molar-refractivity contribution < 1.29 is 9.53 Å². The first-order valence-corrected chi connectivity index (χ1v) is 5.89. The number of amides is 1. The van der Waals surface area contributed by atoms with E-state index >= 15 is 0 Å². The molecule has 0 aromatic rings. The lowest BCUT2D eigenvalue weighted by Gasteiger charge is -2.23. The Labute approximate surface area is 90.8 Å². The summed E-state index contributed by atoms with van der Waals surface area (Å²) in [6, 6.07) is 1.42. The summed E-state index contributed by atoms with van der Waals surface area (Å²) in [6.07, 6.45) is 5.60. The second-order valence-corrected chi connectivity index (χ2v) is 4.56. The van der Waals surface area contributed by atoms with Gasteiger partial charge >= 0.3 is 0 Å². The number of primary amides is 1. The lowest BCUT2D eigenvalue weighted by molar-refractivity contribution is -0.119. The summed E-state index contributed by atoms with van der Waals surface area (Å²) < 4.78 is 5.49. The Kier molecular flexibility index (Phi) is 3.59. The molecule has 1 saturated heterocycles. The molecular formula is C11H20N2O2. The first kappa shape index (κ1) is 10.9. The minimum Gasteiger partial charge on any atom is -0.379 e.